The Morgan fingerprint density at radius 3 is 2.45 bits per heavy atom. The number of hydrogen-bond acceptors (Lipinski definition) is 5. The maximum Gasteiger partial charge on any atom is 0.255 e. The van der Waals surface area contributed by atoms with Gasteiger partial charge in [0.25, 0.3) is 5.91 Å². The first kappa shape index (κ1) is 25.3. The number of benzene rings is 2. The van der Waals surface area contributed by atoms with E-state index >= 15 is 0 Å². The van der Waals surface area contributed by atoms with Gasteiger partial charge in [-0.15, -0.1) is 0 Å². The third-order valence-corrected chi connectivity index (χ3v) is 7.36. The summed E-state index contributed by atoms with van der Waals surface area (Å²) in [4.78, 5) is 16.8. The Morgan fingerprint density at radius 1 is 1.18 bits per heavy atom. The molecular formula is C23H29ClFN3O4S. The van der Waals surface area contributed by atoms with E-state index in [9.17, 15) is 17.6 Å². The Kier molecular flexibility index (Phi) is 7.26. The van der Waals surface area contributed by atoms with Gasteiger partial charge in [0, 0.05) is 31.2 Å². The fraction of sp³-hybridized carbons (Fsp3) is 0.435. The summed E-state index contributed by atoms with van der Waals surface area (Å²) < 4.78 is 47.2. The van der Waals surface area contributed by atoms with E-state index in [4.69, 9.17) is 16.3 Å². The summed E-state index contributed by atoms with van der Waals surface area (Å²) in [6.45, 7) is 8.50. The SMILES string of the molecule is COc1ccc(S(=O)(=O)NC(C)(C)C)cc1N1CCN(C(=O)c2ccc(F)cc2Cl)C[C@@H]1C. The zero-order valence-corrected chi connectivity index (χ0v) is 20.9. The second kappa shape index (κ2) is 9.48. The standard InChI is InChI=1S/C23H29ClFN3O4S/c1-15-14-27(22(29)18-8-6-16(25)12-19(18)24)10-11-28(15)20-13-17(7-9-21(20)32-5)33(30,31)26-23(2,3)4/h6-9,12-13,15,26H,10-11,14H2,1-5H3/t15-/m0/s1. The van der Waals surface area contributed by atoms with Gasteiger partial charge in [0.05, 0.1) is 28.3 Å². The first-order valence-corrected chi connectivity index (χ1v) is 12.4. The largest absolute Gasteiger partial charge is 0.495 e. The molecule has 1 saturated heterocycles. The average molecular weight is 498 g/mol. The van der Waals surface area contributed by atoms with Crippen LogP contribution in [0.3, 0.4) is 0 Å². The van der Waals surface area contributed by atoms with E-state index < -0.39 is 21.4 Å². The molecule has 33 heavy (non-hydrogen) atoms. The molecule has 180 valence electrons. The van der Waals surface area contributed by atoms with Crippen molar-refractivity contribution in [1.29, 1.82) is 0 Å². The predicted octanol–water partition coefficient (Wildman–Crippen LogP) is 3.92. The Labute approximate surface area is 199 Å². The minimum absolute atomic E-state index is 0.0704. The molecule has 0 bridgehead atoms. The van der Waals surface area contributed by atoms with Gasteiger partial charge in [-0.1, -0.05) is 11.6 Å². The van der Waals surface area contributed by atoms with Crippen molar-refractivity contribution < 1.29 is 22.3 Å². The molecule has 1 amide bonds. The number of sulfonamides is 1. The van der Waals surface area contributed by atoms with Gasteiger partial charge in [-0.3, -0.25) is 4.79 Å². The number of carbonyl (C=O) groups is 1. The van der Waals surface area contributed by atoms with Crippen molar-refractivity contribution in [2.45, 2.75) is 44.2 Å². The number of nitrogens with zero attached hydrogens (tertiary/aromatic N) is 2. The highest BCUT2D eigenvalue weighted by molar-refractivity contribution is 7.89. The lowest BCUT2D eigenvalue weighted by Gasteiger charge is -2.41. The minimum atomic E-state index is -3.73. The van der Waals surface area contributed by atoms with E-state index in [1.54, 1.807) is 37.8 Å². The van der Waals surface area contributed by atoms with Gasteiger partial charge >= 0.3 is 0 Å². The summed E-state index contributed by atoms with van der Waals surface area (Å²) in [7, 11) is -2.20. The van der Waals surface area contributed by atoms with Gasteiger partial charge in [-0.05, 0) is 64.1 Å². The molecule has 0 radical (unpaired) electrons. The van der Waals surface area contributed by atoms with Gasteiger partial charge in [0.1, 0.15) is 11.6 Å². The van der Waals surface area contributed by atoms with Crippen molar-refractivity contribution in [3.05, 3.63) is 52.8 Å². The van der Waals surface area contributed by atoms with E-state index in [0.717, 1.165) is 6.07 Å². The minimum Gasteiger partial charge on any atom is -0.495 e. The molecule has 1 aliphatic rings. The molecule has 0 unspecified atom stereocenters. The molecule has 0 saturated carbocycles. The van der Waals surface area contributed by atoms with Crippen molar-refractivity contribution in [2.75, 3.05) is 31.6 Å². The molecule has 0 aliphatic carbocycles. The van der Waals surface area contributed by atoms with Crippen LogP contribution in [0.15, 0.2) is 41.3 Å². The average Bonchev–Trinajstić information content (AvgIpc) is 2.71. The van der Waals surface area contributed by atoms with Crippen LogP contribution in [0.2, 0.25) is 5.02 Å². The third-order valence-electron chi connectivity index (χ3n) is 5.29. The number of ether oxygens (including phenoxy) is 1. The van der Waals surface area contributed by atoms with Crippen molar-refractivity contribution in [1.82, 2.24) is 9.62 Å². The van der Waals surface area contributed by atoms with Crippen LogP contribution < -0.4 is 14.4 Å². The number of hydrogen-bond donors (Lipinski definition) is 1. The maximum atomic E-state index is 13.4. The molecule has 10 heteroatoms. The monoisotopic (exact) mass is 497 g/mol. The molecule has 0 spiro atoms. The number of methoxy groups -OCH3 is 1. The first-order chi connectivity index (χ1) is 15.3. The summed E-state index contributed by atoms with van der Waals surface area (Å²) in [5, 5.41) is 0.0704. The van der Waals surface area contributed by atoms with Gasteiger partial charge < -0.3 is 14.5 Å². The molecule has 1 fully saturated rings. The summed E-state index contributed by atoms with van der Waals surface area (Å²) in [5.41, 5.74) is 0.256. The summed E-state index contributed by atoms with van der Waals surface area (Å²) >= 11 is 6.07. The molecule has 1 N–H and O–H groups in total. The van der Waals surface area contributed by atoms with Crippen LogP contribution in [0, 0.1) is 5.82 Å². The third kappa shape index (κ3) is 5.77. The quantitative estimate of drug-likeness (QED) is 0.677. The smallest absolute Gasteiger partial charge is 0.255 e. The van der Waals surface area contributed by atoms with E-state index in [1.807, 2.05) is 11.8 Å². The summed E-state index contributed by atoms with van der Waals surface area (Å²) in [6, 6.07) is 8.32. The zero-order valence-electron chi connectivity index (χ0n) is 19.4. The van der Waals surface area contributed by atoms with Crippen LogP contribution in [0.25, 0.3) is 0 Å². The van der Waals surface area contributed by atoms with E-state index in [0.29, 0.717) is 31.1 Å². The number of halogens is 2. The van der Waals surface area contributed by atoms with Crippen LogP contribution in [-0.4, -0.2) is 57.5 Å². The number of amides is 1. The van der Waals surface area contributed by atoms with E-state index in [2.05, 4.69) is 4.72 Å². The summed E-state index contributed by atoms with van der Waals surface area (Å²) in [6.07, 6.45) is 0. The second-order valence-electron chi connectivity index (χ2n) is 9.11. The topological polar surface area (TPSA) is 79.0 Å². The Hall–Kier alpha value is -2.36. The lowest BCUT2D eigenvalue weighted by atomic mass is 10.1. The maximum absolute atomic E-state index is 13.4. The van der Waals surface area contributed by atoms with Crippen molar-refractivity contribution in [2.24, 2.45) is 0 Å². The Morgan fingerprint density at radius 2 is 1.88 bits per heavy atom. The van der Waals surface area contributed by atoms with Crippen LogP contribution in [-0.2, 0) is 10.0 Å². The molecular weight excluding hydrogens is 469 g/mol. The van der Waals surface area contributed by atoms with Crippen LogP contribution in [0.4, 0.5) is 10.1 Å². The highest BCUT2D eigenvalue weighted by Gasteiger charge is 2.31. The van der Waals surface area contributed by atoms with E-state index in [1.165, 1.54) is 25.3 Å². The van der Waals surface area contributed by atoms with Gasteiger partial charge in [-0.2, -0.15) is 0 Å². The molecule has 1 aliphatic heterocycles. The molecule has 0 aromatic heterocycles. The molecule has 1 heterocycles. The summed E-state index contributed by atoms with van der Waals surface area (Å²) in [5.74, 6) is -0.236. The number of rotatable bonds is 5. The predicted molar refractivity (Wildman–Crippen MR) is 127 cm³/mol. The van der Waals surface area contributed by atoms with Crippen molar-refractivity contribution in [3.63, 3.8) is 0 Å². The lowest BCUT2D eigenvalue weighted by molar-refractivity contribution is 0.0726. The van der Waals surface area contributed by atoms with Gasteiger partial charge in [0.2, 0.25) is 10.0 Å². The normalized spacial score (nSPS) is 17.2. The molecule has 1 atom stereocenters. The second-order valence-corrected chi connectivity index (χ2v) is 11.2. The molecule has 7 nitrogen and oxygen atoms in total. The van der Waals surface area contributed by atoms with Crippen LogP contribution in [0.5, 0.6) is 5.75 Å². The Bertz CT molecular complexity index is 1150. The number of anilines is 1. The molecule has 2 aromatic carbocycles. The van der Waals surface area contributed by atoms with E-state index in [-0.39, 0.29) is 27.4 Å². The zero-order chi connectivity index (χ0) is 24.6. The van der Waals surface area contributed by atoms with Crippen LogP contribution >= 0.6 is 11.6 Å². The van der Waals surface area contributed by atoms with Gasteiger partial charge in [0.15, 0.2) is 0 Å². The van der Waals surface area contributed by atoms with Crippen molar-refractivity contribution in [3.8, 4) is 5.75 Å². The lowest BCUT2D eigenvalue weighted by Crippen LogP contribution is -2.54. The highest BCUT2D eigenvalue weighted by Crippen LogP contribution is 2.34. The molecule has 3 rings (SSSR count). The highest BCUT2D eigenvalue weighted by atomic mass is 35.5. The Balaban J connectivity index is 1.85. The first-order valence-electron chi connectivity index (χ1n) is 10.6. The fourth-order valence-electron chi connectivity index (χ4n) is 3.86. The fourth-order valence-corrected chi connectivity index (χ4v) is 5.54. The number of piperazine rings is 1. The van der Waals surface area contributed by atoms with Crippen LogP contribution in [0.1, 0.15) is 38.1 Å². The van der Waals surface area contributed by atoms with Crippen molar-refractivity contribution >= 4 is 33.2 Å². The number of nitrogens with one attached hydrogen (secondary N) is 1. The number of carbonyl (C=O) groups excluding carboxylic acids is 1. The molecule has 2 aromatic rings. The van der Waals surface area contributed by atoms with Gasteiger partial charge in [-0.25, -0.2) is 17.5 Å².